The molecule has 0 radical (unpaired) electrons. The lowest BCUT2D eigenvalue weighted by atomic mass is 9.98. The fourth-order valence-electron chi connectivity index (χ4n) is 3.18. The molecule has 2 aromatic heterocycles. The van der Waals surface area contributed by atoms with E-state index in [0.29, 0.717) is 16.9 Å². The molecule has 29 heavy (non-hydrogen) atoms. The summed E-state index contributed by atoms with van der Waals surface area (Å²) in [6.45, 7) is 1.68. The van der Waals surface area contributed by atoms with E-state index in [-0.39, 0.29) is 16.9 Å². The normalized spacial score (nSPS) is 12.8. The van der Waals surface area contributed by atoms with Crippen LogP contribution in [-0.4, -0.2) is 15.9 Å². The van der Waals surface area contributed by atoms with Gasteiger partial charge in [0.1, 0.15) is 5.76 Å². The molecule has 0 saturated heterocycles. The first-order valence-corrected chi connectivity index (χ1v) is 8.79. The Bertz CT molecular complexity index is 1160. The van der Waals surface area contributed by atoms with E-state index in [1.54, 1.807) is 25.1 Å². The highest BCUT2D eigenvalue weighted by atomic mass is 19.4. The van der Waals surface area contributed by atoms with Crippen molar-refractivity contribution in [1.82, 2.24) is 15.3 Å². The van der Waals surface area contributed by atoms with Gasteiger partial charge in [0.2, 0.25) is 5.82 Å². The summed E-state index contributed by atoms with van der Waals surface area (Å²) in [7, 11) is 0. The molecule has 0 aliphatic carbocycles. The second-order valence-electron chi connectivity index (χ2n) is 6.57. The molecule has 4 aromatic rings. The van der Waals surface area contributed by atoms with Crippen molar-refractivity contribution in [2.24, 2.45) is 0 Å². The van der Waals surface area contributed by atoms with Crippen molar-refractivity contribution in [3.05, 3.63) is 89.1 Å². The number of aryl methyl sites for hydroxylation is 1. The molecule has 5 nitrogen and oxygen atoms in total. The maximum atomic E-state index is 13.0. The van der Waals surface area contributed by atoms with Crippen LogP contribution in [0.25, 0.3) is 11.0 Å². The molecular formula is C21H16F3N3O2. The molecule has 8 heteroatoms. The average Bonchev–Trinajstić information content (AvgIpc) is 3.32. The molecule has 0 unspecified atom stereocenters. The number of alkyl halides is 3. The van der Waals surface area contributed by atoms with Crippen LogP contribution >= 0.6 is 0 Å². The summed E-state index contributed by atoms with van der Waals surface area (Å²) in [4.78, 5) is 18.6. The number of carbonyl (C=O) groups is 1. The highest BCUT2D eigenvalue weighted by molar-refractivity contribution is 5.95. The maximum absolute atomic E-state index is 13.0. The van der Waals surface area contributed by atoms with Gasteiger partial charge in [0.05, 0.1) is 28.9 Å². The van der Waals surface area contributed by atoms with Crippen molar-refractivity contribution in [3.63, 3.8) is 0 Å². The Morgan fingerprint density at radius 1 is 1.10 bits per heavy atom. The van der Waals surface area contributed by atoms with Gasteiger partial charge in [-0.15, -0.1) is 0 Å². The molecule has 2 N–H and O–H groups in total. The molecule has 1 amide bonds. The predicted molar refractivity (Wildman–Crippen MR) is 100 cm³/mol. The van der Waals surface area contributed by atoms with Gasteiger partial charge in [-0.05, 0) is 36.2 Å². The van der Waals surface area contributed by atoms with Crippen LogP contribution < -0.4 is 5.32 Å². The smallest absolute Gasteiger partial charge is 0.449 e. The third kappa shape index (κ3) is 3.73. The SMILES string of the molecule is Cc1occc1C(=O)N[C@@H](c1ccccc1)c1ccc2nc(C(F)(F)F)[nH]c2c1. The Hall–Kier alpha value is -3.55. The van der Waals surface area contributed by atoms with Crippen LogP contribution in [0.3, 0.4) is 0 Å². The molecule has 0 bridgehead atoms. The first-order valence-electron chi connectivity index (χ1n) is 8.79. The highest BCUT2D eigenvalue weighted by Gasteiger charge is 2.34. The Morgan fingerprint density at radius 2 is 1.86 bits per heavy atom. The number of imidazole rings is 1. The van der Waals surface area contributed by atoms with Crippen molar-refractivity contribution in [2.75, 3.05) is 0 Å². The van der Waals surface area contributed by atoms with Gasteiger partial charge in [0.15, 0.2) is 0 Å². The predicted octanol–water partition coefficient (Wildman–Crippen LogP) is 5.00. The average molecular weight is 399 g/mol. The fraction of sp³-hybridized carbons (Fsp3) is 0.143. The standard InChI is InChI=1S/C21H16F3N3O2/c1-12-15(9-10-29-12)19(28)27-18(13-5-3-2-4-6-13)14-7-8-16-17(11-14)26-20(25-16)21(22,23)24/h2-11,18H,1H3,(H,25,26)(H,27,28)/t18-/m0/s1. The summed E-state index contributed by atoms with van der Waals surface area (Å²) in [6.07, 6.45) is -3.14. The summed E-state index contributed by atoms with van der Waals surface area (Å²) in [5.74, 6) is -0.919. The minimum Gasteiger partial charge on any atom is -0.469 e. The van der Waals surface area contributed by atoms with Gasteiger partial charge in [-0.1, -0.05) is 36.4 Å². The third-order valence-electron chi connectivity index (χ3n) is 4.62. The van der Waals surface area contributed by atoms with E-state index >= 15 is 0 Å². The van der Waals surface area contributed by atoms with Crippen LogP contribution in [0.15, 0.2) is 65.3 Å². The zero-order chi connectivity index (χ0) is 20.6. The number of carbonyl (C=O) groups excluding carboxylic acids is 1. The van der Waals surface area contributed by atoms with Crippen molar-refractivity contribution < 1.29 is 22.4 Å². The summed E-state index contributed by atoms with van der Waals surface area (Å²) in [5, 5.41) is 2.94. The molecule has 0 saturated carbocycles. The minimum absolute atomic E-state index is 0.199. The molecule has 0 spiro atoms. The second kappa shape index (κ2) is 7.12. The van der Waals surface area contributed by atoms with Crippen LogP contribution in [-0.2, 0) is 6.18 Å². The zero-order valence-corrected chi connectivity index (χ0v) is 15.2. The molecule has 4 rings (SSSR count). The van der Waals surface area contributed by atoms with Gasteiger partial charge in [-0.25, -0.2) is 4.98 Å². The molecule has 148 valence electrons. The van der Waals surface area contributed by atoms with Crippen LogP contribution in [0.2, 0.25) is 0 Å². The molecule has 1 atom stereocenters. The number of benzene rings is 2. The van der Waals surface area contributed by atoms with Crippen LogP contribution in [0.4, 0.5) is 13.2 Å². The van der Waals surface area contributed by atoms with Gasteiger partial charge in [0.25, 0.3) is 5.91 Å². The summed E-state index contributed by atoms with van der Waals surface area (Å²) < 4.78 is 44.1. The van der Waals surface area contributed by atoms with Crippen molar-refractivity contribution in [2.45, 2.75) is 19.1 Å². The van der Waals surface area contributed by atoms with Crippen LogP contribution in [0.1, 0.15) is 39.1 Å². The van der Waals surface area contributed by atoms with Crippen LogP contribution in [0.5, 0.6) is 0 Å². The molecule has 2 aromatic carbocycles. The van der Waals surface area contributed by atoms with Crippen molar-refractivity contribution >= 4 is 16.9 Å². The molecule has 0 fully saturated rings. The fourth-order valence-corrected chi connectivity index (χ4v) is 3.18. The van der Waals surface area contributed by atoms with Crippen LogP contribution in [0, 0.1) is 6.92 Å². The van der Waals surface area contributed by atoms with Gasteiger partial charge in [-0.3, -0.25) is 4.79 Å². The lowest BCUT2D eigenvalue weighted by Gasteiger charge is -2.20. The number of aromatic amines is 1. The summed E-state index contributed by atoms with van der Waals surface area (Å²) in [6, 6.07) is 14.9. The highest BCUT2D eigenvalue weighted by Crippen LogP contribution is 2.30. The monoisotopic (exact) mass is 399 g/mol. The minimum atomic E-state index is -4.56. The lowest BCUT2D eigenvalue weighted by molar-refractivity contribution is -0.144. The third-order valence-corrected chi connectivity index (χ3v) is 4.62. The topological polar surface area (TPSA) is 70.9 Å². The van der Waals surface area contributed by atoms with E-state index in [1.165, 1.54) is 12.3 Å². The van der Waals surface area contributed by atoms with Gasteiger partial charge >= 0.3 is 6.18 Å². The number of hydrogen-bond donors (Lipinski definition) is 2. The number of fused-ring (bicyclic) bond motifs is 1. The Morgan fingerprint density at radius 3 is 2.52 bits per heavy atom. The first kappa shape index (κ1) is 18.8. The Kier molecular flexibility index (Phi) is 4.62. The molecule has 0 aliphatic rings. The number of aromatic nitrogens is 2. The van der Waals surface area contributed by atoms with Crippen molar-refractivity contribution in [1.29, 1.82) is 0 Å². The van der Waals surface area contributed by atoms with E-state index in [1.807, 2.05) is 30.3 Å². The van der Waals surface area contributed by atoms with E-state index in [4.69, 9.17) is 4.42 Å². The zero-order valence-electron chi connectivity index (χ0n) is 15.2. The lowest BCUT2D eigenvalue weighted by Crippen LogP contribution is -2.29. The number of amides is 1. The molecular weight excluding hydrogens is 383 g/mol. The second-order valence-corrected chi connectivity index (χ2v) is 6.57. The van der Waals surface area contributed by atoms with Gasteiger partial charge in [0, 0.05) is 0 Å². The molecule has 2 heterocycles. The number of rotatable bonds is 4. The largest absolute Gasteiger partial charge is 0.469 e. The quantitative estimate of drug-likeness (QED) is 0.507. The van der Waals surface area contributed by atoms with E-state index < -0.39 is 18.0 Å². The number of furan rings is 1. The Balaban J connectivity index is 1.75. The molecule has 0 aliphatic heterocycles. The van der Waals surface area contributed by atoms with E-state index in [9.17, 15) is 18.0 Å². The van der Waals surface area contributed by atoms with E-state index in [0.717, 1.165) is 5.56 Å². The number of nitrogens with zero attached hydrogens (tertiary/aromatic N) is 1. The number of halogens is 3. The number of nitrogens with one attached hydrogen (secondary N) is 2. The number of hydrogen-bond acceptors (Lipinski definition) is 3. The van der Waals surface area contributed by atoms with E-state index in [2.05, 4.69) is 15.3 Å². The summed E-state index contributed by atoms with van der Waals surface area (Å²) in [5.41, 5.74) is 2.25. The Labute approximate surface area is 163 Å². The summed E-state index contributed by atoms with van der Waals surface area (Å²) >= 11 is 0. The van der Waals surface area contributed by atoms with Gasteiger partial charge in [-0.2, -0.15) is 13.2 Å². The maximum Gasteiger partial charge on any atom is 0.449 e. The van der Waals surface area contributed by atoms with Gasteiger partial charge < -0.3 is 14.7 Å². The first-order chi connectivity index (χ1) is 13.8. The number of H-pyrrole nitrogens is 1. The van der Waals surface area contributed by atoms with Crippen molar-refractivity contribution in [3.8, 4) is 0 Å².